The Labute approximate surface area is 134 Å². The number of hydrogen-bond donors (Lipinski definition) is 1. The molecule has 122 valence electrons. The van der Waals surface area contributed by atoms with Gasteiger partial charge in [0.2, 0.25) is 5.91 Å². The first-order valence-corrected chi connectivity index (χ1v) is 8.56. The van der Waals surface area contributed by atoms with E-state index >= 15 is 0 Å². The Morgan fingerprint density at radius 1 is 1.59 bits per heavy atom. The number of amides is 1. The van der Waals surface area contributed by atoms with Crippen LogP contribution in [-0.4, -0.2) is 40.5 Å². The number of hydrogen-bond acceptors (Lipinski definition) is 5. The minimum absolute atomic E-state index is 0.00361. The lowest BCUT2D eigenvalue weighted by molar-refractivity contribution is -0.124. The van der Waals surface area contributed by atoms with E-state index in [1.165, 1.54) is 11.8 Å². The highest BCUT2D eigenvalue weighted by molar-refractivity contribution is 7.99. The van der Waals surface area contributed by atoms with Crippen molar-refractivity contribution in [2.75, 3.05) is 18.9 Å². The van der Waals surface area contributed by atoms with E-state index in [0.717, 1.165) is 6.42 Å². The van der Waals surface area contributed by atoms with Crippen LogP contribution in [0.4, 0.5) is 0 Å². The number of fused-ring (bicyclic) bond motifs is 1. The minimum Gasteiger partial charge on any atom is -0.379 e. The maximum Gasteiger partial charge on any atom is 0.257 e. The largest absolute Gasteiger partial charge is 0.379 e. The van der Waals surface area contributed by atoms with Gasteiger partial charge in [0.1, 0.15) is 0 Å². The fraction of sp³-hybridized carbons (Fsp3) is 0.667. The van der Waals surface area contributed by atoms with Gasteiger partial charge in [-0.15, -0.1) is 0 Å². The summed E-state index contributed by atoms with van der Waals surface area (Å²) in [6, 6.07) is 0. The third-order valence-corrected chi connectivity index (χ3v) is 4.59. The predicted octanol–water partition coefficient (Wildman–Crippen LogP) is 1.20. The van der Waals surface area contributed by atoms with E-state index in [4.69, 9.17) is 4.74 Å². The molecule has 1 N–H and O–H groups in total. The lowest BCUT2D eigenvalue weighted by Gasteiger charge is -2.24. The molecular weight excluding hydrogens is 302 g/mol. The van der Waals surface area contributed by atoms with Gasteiger partial charge in [-0.1, -0.05) is 11.8 Å². The van der Waals surface area contributed by atoms with Crippen molar-refractivity contribution in [3.05, 3.63) is 22.1 Å². The summed E-state index contributed by atoms with van der Waals surface area (Å²) in [4.78, 5) is 28.6. The molecule has 1 atom stereocenters. The molecule has 6 nitrogen and oxygen atoms in total. The molecule has 0 saturated carbocycles. The summed E-state index contributed by atoms with van der Waals surface area (Å²) in [6.07, 6.45) is 2.60. The van der Waals surface area contributed by atoms with Crippen LogP contribution in [-0.2, 0) is 16.1 Å². The fourth-order valence-corrected chi connectivity index (χ4v) is 3.25. The summed E-state index contributed by atoms with van der Waals surface area (Å²) in [5.41, 5.74) is 0.552. The number of nitrogens with zero attached hydrogens (tertiary/aromatic N) is 2. The average molecular weight is 325 g/mol. The lowest BCUT2D eigenvalue weighted by Crippen LogP contribution is -2.40. The first-order valence-electron chi connectivity index (χ1n) is 7.57. The van der Waals surface area contributed by atoms with Gasteiger partial charge in [-0.05, 0) is 27.2 Å². The van der Waals surface area contributed by atoms with Gasteiger partial charge < -0.3 is 10.1 Å². The van der Waals surface area contributed by atoms with E-state index in [9.17, 15) is 9.59 Å². The van der Waals surface area contributed by atoms with Crippen LogP contribution >= 0.6 is 11.8 Å². The van der Waals surface area contributed by atoms with Crippen molar-refractivity contribution >= 4 is 17.7 Å². The SMILES string of the molecule is Cc1cnc2n(c1=O)CC(C(=O)NCCCOC(C)C)CS2. The summed E-state index contributed by atoms with van der Waals surface area (Å²) in [6.45, 7) is 7.37. The molecule has 0 aromatic carbocycles. The molecule has 1 aliphatic heterocycles. The second-order valence-electron chi connectivity index (χ2n) is 5.71. The first-order chi connectivity index (χ1) is 10.5. The van der Waals surface area contributed by atoms with Gasteiger partial charge in [0.15, 0.2) is 5.16 Å². The zero-order chi connectivity index (χ0) is 16.1. The van der Waals surface area contributed by atoms with Crippen molar-refractivity contribution in [2.24, 2.45) is 5.92 Å². The van der Waals surface area contributed by atoms with E-state index in [0.29, 0.717) is 36.2 Å². The van der Waals surface area contributed by atoms with Crippen molar-refractivity contribution in [3.8, 4) is 0 Å². The van der Waals surface area contributed by atoms with Gasteiger partial charge in [-0.3, -0.25) is 14.2 Å². The van der Waals surface area contributed by atoms with Crippen LogP contribution in [0.5, 0.6) is 0 Å². The summed E-state index contributed by atoms with van der Waals surface area (Å²) < 4.78 is 7.04. The second-order valence-corrected chi connectivity index (χ2v) is 6.70. The Hall–Kier alpha value is -1.34. The van der Waals surface area contributed by atoms with Crippen LogP contribution in [0.15, 0.2) is 16.1 Å². The van der Waals surface area contributed by atoms with Crippen LogP contribution < -0.4 is 10.9 Å². The van der Waals surface area contributed by atoms with Gasteiger partial charge in [0, 0.05) is 37.2 Å². The number of carbonyl (C=O) groups is 1. The number of aryl methyl sites for hydroxylation is 1. The zero-order valence-electron chi connectivity index (χ0n) is 13.3. The standard InChI is InChI=1S/C15H23N3O3S/c1-10(2)21-6-4-5-16-13(19)12-8-18-14(20)11(3)7-17-15(18)22-9-12/h7,10,12H,4-6,8-9H2,1-3H3,(H,16,19). The lowest BCUT2D eigenvalue weighted by atomic mass is 10.1. The highest BCUT2D eigenvalue weighted by Gasteiger charge is 2.26. The Bertz CT molecular complexity index is 586. The van der Waals surface area contributed by atoms with Gasteiger partial charge in [0.05, 0.1) is 12.0 Å². The molecule has 1 amide bonds. The second kappa shape index (κ2) is 7.78. The summed E-state index contributed by atoms with van der Waals surface area (Å²) >= 11 is 1.46. The van der Waals surface area contributed by atoms with Crippen LogP contribution in [0.25, 0.3) is 0 Å². The molecule has 0 radical (unpaired) electrons. The summed E-state index contributed by atoms with van der Waals surface area (Å²) in [5.74, 6) is 0.463. The molecule has 7 heteroatoms. The molecule has 0 bridgehead atoms. The predicted molar refractivity (Wildman–Crippen MR) is 86.2 cm³/mol. The van der Waals surface area contributed by atoms with Crippen LogP contribution in [0.3, 0.4) is 0 Å². The topological polar surface area (TPSA) is 73.2 Å². The molecule has 1 aromatic heterocycles. The molecule has 0 aliphatic carbocycles. The Balaban J connectivity index is 1.85. The maximum atomic E-state index is 12.2. The molecule has 2 rings (SSSR count). The van der Waals surface area contributed by atoms with Gasteiger partial charge >= 0.3 is 0 Å². The minimum atomic E-state index is -0.190. The number of carbonyl (C=O) groups excluding carboxylic acids is 1. The molecule has 1 aliphatic rings. The summed E-state index contributed by atoms with van der Waals surface area (Å²) in [5, 5.41) is 3.62. The number of thioether (sulfide) groups is 1. The van der Waals surface area contributed by atoms with Crippen molar-refractivity contribution < 1.29 is 9.53 Å². The zero-order valence-corrected chi connectivity index (χ0v) is 14.1. The molecule has 0 fully saturated rings. The fourth-order valence-electron chi connectivity index (χ4n) is 2.21. The number of nitrogens with one attached hydrogen (secondary N) is 1. The molecular formula is C15H23N3O3S. The van der Waals surface area contributed by atoms with Crippen molar-refractivity contribution in [3.63, 3.8) is 0 Å². The van der Waals surface area contributed by atoms with Gasteiger partial charge in [0.25, 0.3) is 5.56 Å². The van der Waals surface area contributed by atoms with E-state index in [-0.39, 0.29) is 23.5 Å². The van der Waals surface area contributed by atoms with E-state index < -0.39 is 0 Å². The highest BCUT2D eigenvalue weighted by atomic mass is 32.2. The average Bonchev–Trinajstić information content (AvgIpc) is 2.50. The Morgan fingerprint density at radius 2 is 2.36 bits per heavy atom. The monoisotopic (exact) mass is 325 g/mol. The third kappa shape index (κ3) is 4.33. The smallest absolute Gasteiger partial charge is 0.257 e. The van der Waals surface area contributed by atoms with Crippen molar-refractivity contribution in [1.82, 2.24) is 14.9 Å². The number of aromatic nitrogens is 2. The number of ether oxygens (including phenoxy) is 1. The van der Waals surface area contributed by atoms with Gasteiger partial charge in [-0.25, -0.2) is 4.98 Å². The van der Waals surface area contributed by atoms with E-state index in [2.05, 4.69) is 10.3 Å². The molecule has 0 saturated heterocycles. The maximum absolute atomic E-state index is 12.2. The number of rotatable bonds is 6. The highest BCUT2D eigenvalue weighted by Crippen LogP contribution is 2.24. The third-order valence-electron chi connectivity index (χ3n) is 3.44. The first kappa shape index (κ1) is 17.0. The van der Waals surface area contributed by atoms with Crippen LogP contribution in [0.1, 0.15) is 25.8 Å². The molecule has 2 heterocycles. The van der Waals surface area contributed by atoms with Crippen LogP contribution in [0, 0.1) is 12.8 Å². The molecule has 22 heavy (non-hydrogen) atoms. The molecule has 1 aromatic rings. The normalized spacial score (nSPS) is 17.4. The molecule has 0 spiro atoms. The van der Waals surface area contributed by atoms with Crippen molar-refractivity contribution in [2.45, 2.75) is 45.0 Å². The summed E-state index contributed by atoms with van der Waals surface area (Å²) in [7, 11) is 0. The van der Waals surface area contributed by atoms with Crippen molar-refractivity contribution in [1.29, 1.82) is 0 Å². The Kier molecular flexibility index (Phi) is 6.02. The van der Waals surface area contributed by atoms with Gasteiger partial charge in [-0.2, -0.15) is 0 Å². The van der Waals surface area contributed by atoms with Crippen LogP contribution in [0.2, 0.25) is 0 Å². The Morgan fingerprint density at radius 3 is 3.09 bits per heavy atom. The quantitative estimate of drug-likeness (QED) is 0.628. The molecule has 1 unspecified atom stereocenters. The van der Waals surface area contributed by atoms with E-state index in [1.54, 1.807) is 17.7 Å². The van der Waals surface area contributed by atoms with E-state index in [1.807, 2.05) is 13.8 Å².